The number of nitrogens with zero attached hydrogens (tertiary/aromatic N) is 1. The van der Waals surface area contributed by atoms with E-state index in [1.807, 2.05) is 6.20 Å². The molecular weight excluding hydrogens is 206 g/mol. The second-order valence-corrected chi connectivity index (χ2v) is 3.61. The smallest absolute Gasteiger partial charge is 0.174 e. The third-order valence-electron chi connectivity index (χ3n) is 1.76. The molecular formula is C7H10BrN3. The van der Waals surface area contributed by atoms with Crippen LogP contribution in [0.2, 0.25) is 0 Å². The maximum absolute atomic E-state index is 4.04. The Morgan fingerprint density at radius 1 is 1.73 bits per heavy atom. The molecule has 1 heterocycles. The fourth-order valence-corrected chi connectivity index (χ4v) is 1.32. The molecule has 0 spiro atoms. The first kappa shape index (κ1) is 7.31. The van der Waals surface area contributed by atoms with Gasteiger partial charge in [0.05, 0.1) is 6.20 Å². The highest BCUT2D eigenvalue weighted by molar-refractivity contribution is 9.10. The minimum absolute atomic E-state index is 0.761. The fourth-order valence-electron chi connectivity index (χ4n) is 0.963. The van der Waals surface area contributed by atoms with Crippen molar-refractivity contribution in [3.63, 3.8) is 0 Å². The fraction of sp³-hybridized carbons (Fsp3) is 0.571. The number of imidazole rings is 1. The number of rotatable bonds is 3. The van der Waals surface area contributed by atoms with Crippen molar-refractivity contribution in [3.8, 4) is 0 Å². The molecule has 1 aromatic rings. The van der Waals surface area contributed by atoms with Gasteiger partial charge in [0.25, 0.3) is 0 Å². The summed E-state index contributed by atoms with van der Waals surface area (Å²) in [5.74, 6) is 0. The van der Waals surface area contributed by atoms with Gasteiger partial charge in [0.15, 0.2) is 4.73 Å². The van der Waals surface area contributed by atoms with Gasteiger partial charge in [-0.1, -0.05) is 0 Å². The van der Waals surface area contributed by atoms with Crippen molar-refractivity contribution >= 4 is 15.9 Å². The Balaban J connectivity index is 1.85. The molecule has 0 bridgehead atoms. The monoisotopic (exact) mass is 215 g/mol. The summed E-state index contributed by atoms with van der Waals surface area (Å²) in [5, 5.41) is 3.39. The Kier molecular flexibility index (Phi) is 1.96. The zero-order chi connectivity index (χ0) is 7.68. The van der Waals surface area contributed by atoms with Crippen LogP contribution in [-0.2, 0) is 6.54 Å². The average Bonchev–Trinajstić information content (AvgIpc) is 2.72. The maximum Gasteiger partial charge on any atom is 0.174 e. The van der Waals surface area contributed by atoms with Gasteiger partial charge in [0.1, 0.15) is 0 Å². The summed E-state index contributed by atoms with van der Waals surface area (Å²) in [6, 6.07) is 0.761. The normalized spacial score (nSPS) is 17.2. The van der Waals surface area contributed by atoms with E-state index in [0.717, 1.165) is 23.0 Å². The van der Waals surface area contributed by atoms with E-state index in [0.29, 0.717) is 0 Å². The van der Waals surface area contributed by atoms with E-state index in [2.05, 4.69) is 31.2 Å². The topological polar surface area (TPSA) is 40.7 Å². The quantitative estimate of drug-likeness (QED) is 0.802. The van der Waals surface area contributed by atoms with Crippen LogP contribution in [-0.4, -0.2) is 16.0 Å². The van der Waals surface area contributed by atoms with Gasteiger partial charge in [-0.15, -0.1) is 0 Å². The van der Waals surface area contributed by atoms with Crippen molar-refractivity contribution in [3.05, 3.63) is 16.6 Å². The van der Waals surface area contributed by atoms with Gasteiger partial charge in [-0.3, -0.25) is 0 Å². The van der Waals surface area contributed by atoms with E-state index in [-0.39, 0.29) is 0 Å². The molecule has 11 heavy (non-hydrogen) atoms. The van der Waals surface area contributed by atoms with Gasteiger partial charge in [-0.05, 0) is 28.8 Å². The summed E-state index contributed by atoms with van der Waals surface area (Å²) in [6.45, 7) is 0.906. The SMILES string of the molecule is Brc1ncc(CNC2CC2)[nH]1. The van der Waals surface area contributed by atoms with Gasteiger partial charge in [0, 0.05) is 18.3 Å². The van der Waals surface area contributed by atoms with Gasteiger partial charge in [-0.25, -0.2) is 4.98 Å². The van der Waals surface area contributed by atoms with Crippen LogP contribution in [0.5, 0.6) is 0 Å². The lowest BCUT2D eigenvalue weighted by Gasteiger charge is -1.97. The molecule has 4 heteroatoms. The van der Waals surface area contributed by atoms with E-state index in [1.54, 1.807) is 0 Å². The lowest BCUT2D eigenvalue weighted by molar-refractivity contribution is 0.676. The summed E-state index contributed by atoms with van der Waals surface area (Å²) in [4.78, 5) is 7.14. The third kappa shape index (κ3) is 2.04. The molecule has 3 nitrogen and oxygen atoms in total. The number of H-pyrrole nitrogens is 1. The van der Waals surface area contributed by atoms with Gasteiger partial charge in [0.2, 0.25) is 0 Å². The molecule has 60 valence electrons. The molecule has 1 saturated carbocycles. The van der Waals surface area contributed by atoms with Crippen molar-refractivity contribution in [2.45, 2.75) is 25.4 Å². The molecule has 0 aliphatic heterocycles. The van der Waals surface area contributed by atoms with E-state index < -0.39 is 0 Å². The number of aromatic nitrogens is 2. The highest BCUT2D eigenvalue weighted by Gasteiger charge is 2.20. The summed E-state index contributed by atoms with van der Waals surface area (Å²) in [5.41, 5.74) is 1.14. The molecule has 1 aromatic heterocycles. The minimum Gasteiger partial charge on any atom is -0.335 e. The Morgan fingerprint density at radius 2 is 2.55 bits per heavy atom. The summed E-state index contributed by atoms with van der Waals surface area (Å²) >= 11 is 3.26. The maximum atomic E-state index is 4.04. The van der Waals surface area contributed by atoms with Crippen LogP contribution in [0.4, 0.5) is 0 Å². The zero-order valence-corrected chi connectivity index (χ0v) is 7.69. The van der Waals surface area contributed by atoms with Crippen molar-refractivity contribution < 1.29 is 0 Å². The summed E-state index contributed by atoms with van der Waals surface area (Å²) < 4.78 is 0.810. The third-order valence-corrected chi connectivity index (χ3v) is 2.16. The number of halogens is 1. The number of hydrogen-bond donors (Lipinski definition) is 2. The molecule has 1 aliphatic rings. The van der Waals surface area contributed by atoms with Crippen molar-refractivity contribution in [2.75, 3.05) is 0 Å². The first-order valence-electron chi connectivity index (χ1n) is 3.77. The van der Waals surface area contributed by atoms with Crippen molar-refractivity contribution in [2.24, 2.45) is 0 Å². The Hall–Kier alpha value is -0.350. The predicted octanol–water partition coefficient (Wildman–Crippen LogP) is 1.42. The zero-order valence-electron chi connectivity index (χ0n) is 6.10. The lowest BCUT2D eigenvalue weighted by atomic mass is 10.4. The molecule has 0 aromatic carbocycles. The molecule has 2 rings (SSSR count). The van der Waals surface area contributed by atoms with Crippen LogP contribution < -0.4 is 5.32 Å². The number of nitrogens with one attached hydrogen (secondary N) is 2. The standard InChI is InChI=1S/C7H10BrN3/c8-7-10-4-6(11-7)3-9-5-1-2-5/h4-5,9H,1-3H2,(H,10,11). The predicted molar refractivity (Wildman–Crippen MR) is 46.1 cm³/mol. The van der Waals surface area contributed by atoms with Gasteiger partial charge < -0.3 is 10.3 Å². The molecule has 1 fully saturated rings. The Labute approximate surface area is 73.7 Å². The summed E-state index contributed by atoms with van der Waals surface area (Å²) in [7, 11) is 0. The van der Waals surface area contributed by atoms with Crippen LogP contribution in [0.15, 0.2) is 10.9 Å². The van der Waals surface area contributed by atoms with Crippen LogP contribution in [0, 0.1) is 0 Å². The van der Waals surface area contributed by atoms with E-state index in [9.17, 15) is 0 Å². The van der Waals surface area contributed by atoms with Crippen LogP contribution in [0.25, 0.3) is 0 Å². The van der Waals surface area contributed by atoms with Gasteiger partial charge in [-0.2, -0.15) is 0 Å². The molecule has 2 N–H and O–H groups in total. The Morgan fingerprint density at radius 3 is 3.09 bits per heavy atom. The van der Waals surface area contributed by atoms with Crippen LogP contribution in [0.1, 0.15) is 18.5 Å². The molecule has 1 aliphatic carbocycles. The second-order valence-electron chi connectivity index (χ2n) is 2.85. The second kappa shape index (κ2) is 2.95. The molecule has 0 saturated heterocycles. The van der Waals surface area contributed by atoms with Crippen LogP contribution >= 0.6 is 15.9 Å². The van der Waals surface area contributed by atoms with Crippen molar-refractivity contribution in [1.29, 1.82) is 0 Å². The van der Waals surface area contributed by atoms with E-state index >= 15 is 0 Å². The molecule has 0 unspecified atom stereocenters. The largest absolute Gasteiger partial charge is 0.335 e. The number of hydrogen-bond acceptors (Lipinski definition) is 2. The minimum atomic E-state index is 0.761. The highest BCUT2D eigenvalue weighted by atomic mass is 79.9. The molecule has 0 atom stereocenters. The van der Waals surface area contributed by atoms with Gasteiger partial charge >= 0.3 is 0 Å². The van der Waals surface area contributed by atoms with Crippen molar-refractivity contribution in [1.82, 2.24) is 15.3 Å². The van der Waals surface area contributed by atoms with E-state index in [4.69, 9.17) is 0 Å². The first-order valence-corrected chi connectivity index (χ1v) is 4.56. The average molecular weight is 216 g/mol. The lowest BCUT2D eigenvalue weighted by Crippen LogP contribution is -2.15. The van der Waals surface area contributed by atoms with Crippen LogP contribution in [0.3, 0.4) is 0 Å². The number of aromatic amines is 1. The summed E-state index contributed by atoms with van der Waals surface area (Å²) in [6.07, 6.45) is 4.50. The Bertz CT molecular complexity index is 242. The molecule has 0 radical (unpaired) electrons. The van der Waals surface area contributed by atoms with E-state index in [1.165, 1.54) is 12.8 Å². The first-order chi connectivity index (χ1) is 5.34. The molecule has 0 amide bonds. The highest BCUT2D eigenvalue weighted by Crippen LogP contribution is 2.19.